The number of piperazine rings is 4. The molecule has 0 amide bonds. The first kappa shape index (κ1) is 57.6. The van der Waals surface area contributed by atoms with Gasteiger partial charge in [-0.2, -0.15) is 0 Å². The molecule has 10 aliphatic rings. The molecule has 10 fully saturated rings. The van der Waals surface area contributed by atoms with Gasteiger partial charge in [-0.25, -0.2) is 9.80 Å². The second-order valence-electron chi connectivity index (χ2n) is 26.1. The summed E-state index contributed by atoms with van der Waals surface area (Å²) in [6.45, 7) is 48.0. The number of nitrogens with one attached hydrogen (secondary N) is 6. The van der Waals surface area contributed by atoms with Gasteiger partial charge in [-0.05, 0) is 102 Å². The zero-order valence-electron chi connectivity index (χ0n) is 49.4. The lowest BCUT2D eigenvalue weighted by Gasteiger charge is -2.70. The van der Waals surface area contributed by atoms with Crippen LogP contribution in [-0.4, -0.2) is 281 Å². The van der Waals surface area contributed by atoms with Crippen molar-refractivity contribution in [3.05, 3.63) is 70.8 Å². The molecular formula is C62H110N16+2. The Morgan fingerprint density at radius 3 is 1.10 bits per heavy atom. The second kappa shape index (κ2) is 27.5. The van der Waals surface area contributed by atoms with Gasteiger partial charge < -0.3 is 31.9 Å². The van der Waals surface area contributed by atoms with E-state index in [4.69, 9.17) is 0 Å². The Bertz CT molecular complexity index is 1930. The quantitative estimate of drug-likeness (QED) is 0.219. The van der Waals surface area contributed by atoms with Crippen LogP contribution < -0.4 is 31.9 Å². The monoisotopic (exact) mass is 1080 g/mol. The lowest BCUT2D eigenvalue weighted by atomic mass is 9.85. The molecule has 78 heavy (non-hydrogen) atoms. The molecule has 0 aliphatic carbocycles. The largest absolute Gasteiger partial charge is 0.315 e. The van der Waals surface area contributed by atoms with E-state index in [1.807, 2.05) is 0 Å². The minimum atomic E-state index is 0.213. The lowest BCUT2D eigenvalue weighted by Crippen LogP contribution is -2.89. The summed E-state index contributed by atoms with van der Waals surface area (Å²) in [7, 11) is 0. The number of rotatable bonds is 8. The third-order valence-corrected chi connectivity index (χ3v) is 21.4. The van der Waals surface area contributed by atoms with E-state index in [0.29, 0.717) is 12.3 Å². The van der Waals surface area contributed by atoms with Crippen LogP contribution in [0.2, 0.25) is 0 Å². The van der Waals surface area contributed by atoms with Crippen molar-refractivity contribution in [1.29, 1.82) is 0 Å². The number of benzene rings is 2. The maximum atomic E-state index is 3.63. The van der Waals surface area contributed by atoms with Gasteiger partial charge in [-0.3, -0.25) is 38.4 Å². The Hall–Kier alpha value is -2.20. The van der Waals surface area contributed by atoms with Gasteiger partial charge in [0.15, 0.2) is 11.3 Å². The summed E-state index contributed by atoms with van der Waals surface area (Å²) in [5, 5.41) is 21.4. The molecular weight excluding hydrogens is 969 g/mol. The maximum absolute atomic E-state index is 3.63. The lowest BCUT2D eigenvalue weighted by molar-refractivity contribution is -1.01. The fourth-order valence-electron chi connectivity index (χ4n) is 17.2. The van der Waals surface area contributed by atoms with Crippen LogP contribution in [0.25, 0.3) is 0 Å². The molecule has 0 radical (unpaired) electrons. The van der Waals surface area contributed by atoms with Crippen LogP contribution in [0.15, 0.2) is 48.5 Å². The van der Waals surface area contributed by atoms with Crippen molar-refractivity contribution in [2.24, 2.45) is 0 Å². The Morgan fingerprint density at radius 2 is 0.692 bits per heavy atom. The highest BCUT2D eigenvalue weighted by Gasteiger charge is 2.67. The Morgan fingerprint density at radius 1 is 0.333 bits per heavy atom. The molecule has 436 valence electrons. The fraction of sp³-hybridized carbons (Fsp3) is 0.806. The van der Waals surface area contributed by atoms with Crippen LogP contribution in [0.3, 0.4) is 0 Å². The van der Waals surface area contributed by atoms with Crippen molar-refractivity contribution in [3.63, 3.8) is 0 Å². The van der Waals surface area contributed by atoms with Crippen molar-refractivity contribution >= 4 is 0 Å². The predicted octanol–water partition coefficient (Wildman–Crippen LogP) is 2.30. The van der Waals surface area contributed by atoms with E-state index in [-0.39, 0.29) is 11.3 Å². The van der Waals surface area contributed by atoms with Gasteiger partial charge in [0.05, 0.1) is 26.2 Å². The first-order chi connectivity index (χ1) is 38.4. The fourth-order valence-corrected chi connectivity index (χ4v) is 17.2. The molecule has 2 aromatic rings. The standard InChI is InChI=1S/C34H56N8.C28H54N8/c1-33-31-35-11-3-13-37(31)21-25-41(33,23-5-15-39(33)19-17-35)27-29-7-9-30(10-8-29)28-42-24-6-16-40-20-18-36-12-4-14-38(22-26-42)32(36)34(40,42)2;1-9-29-15-17-31-13-3-21-35(23-19-33-11-1)25-27-5-7-28(8-6-27)26-36-22-4-14-32-18-16-30-10-2-12-34-20-24-36/h7-10,31-32H,3-6,11-28H2,1-2H3;5-8,29-34H,1-4,9-26H2/q+2;/t31-,32-,33+,34+,41?,42?;/m0./s1. The third-order valence-electron chi connectivity index (χ3n) is 21.4. The van der Waals surface area contributed by atoms with Crippen molar-refractivity contribution in [1.82, 2.24) is 71.1 Å². The van der Waals surface area contributed by atoms with Crippen LogP contribution in [0.4, 0.5) is 0 Å². The summed E-state index contributed by atoms with van der Waals surface area (Å²) in [5.41, 5.74) is 6.41. The summed E-state index contributed by atoms with van der Waals surface area (Å²) in [4.78, 5) is 22.5. The van der Waals surface area contributed by atoms with E-state index < -0.39 is 0 Å². The molecule has 10 saturated heterocycles. The third kappa shape index (κ3) is 12.9. The summed E-state index contributed by atoms with van der Waals surface area (Å²) in [6, 6.07) is 19.6. The van der Waals surface area contributed by atoms with Gasteiger partial charge in [0.25, 0.3) is 0 Å². The number of hydrogen-bond acceptors (Lipinski definition) is 14. The molecule has 16 nitrogen and oxygen atoms in total. The highest BCUT2D eigenvalue weighted by molar-refractivity contribution is 5.24. The maximum Gasteiger partial charge on any atom is 0.182 e. The molecule has 2 unspecified atom stereocenters. The molecule has 0 aromatic heterocycles. The van der Waals surface area contributed by atoms with Gasteiger partial charge in [0.2, 0.25) is 0 Å². The predicted molar refractivity (Wildman–Crippen MR) is 319 cm³/mol. The van der Waals surface area contributed by atoms with Crippen molar-refractivity contribution < 1.29 is 8.97 Å². The van der Waals surface area contributed by atoms with E-state index in [2.05, 4.69) is 133 Å². The van der Waals surface area contributed by atoms with E-state index in [9.17, 15) is 0 Å². The molecule has 10 heterocycles. The van der Waals surface area contributed by atoms with Crippen LogP contribution >= 0.6 is 0 Å². The normalized spacial score (nSPS) is 34.7. The van der Waals surface area contributed by atoms with Gasteiger partial charge in [-0.1, -0.05) is 48.5 Å². The van der Waals surface area contributed by atoms with E-state index in [1.54, 1.807) is 11.1 Å². The summed E-state index contributed by atoms with van der Waals surface area (Å²) in [6.07, 6.45) is 11.4. The highest BCUT2D eigenvalue weighted by atomic mass is 15.7. The molecule has 16 heteroatoms. The highest BCUT2D eigenvalue weighted by Crippen LogP contribution is 2.49. The van der Waals surface area contributed by atoms with E-state index in [1.165, 1.54) is 189 Å². The van der Waals surface area contributed by atoms with Crippen LogP contribution in [0.1, 0.15) is 87.5 Å². The minimum Gasteiger partial charge on any atom is -0.315 e. The zero-order chi connectivity index (χ0) is 53.1. The molecule has 6 N–H and O–H groups in total. The van der Waals surface area contributed by atoms with Gasteiger partial charge >= 0.3 is 0 Å². The zero-order valence-corrected chi connectivity index (χ0v) is 49.4. The smallest absolute Gasteiger partial charge is 0.182 e. The summed E-state index contributed by atoms with van der Waals surface area (Å²) in [5.74, 6) is 0. The second-order valence-corrected chi connectivity index (χ2v) is 26.1. The molecule has 10 aliphatic heterocycles. The number of hydrogen-bond donors (Lipinski definition) is 6. The van der Waals surface area contributed by atoms with Gasteiger partial charge in [0, 0.05) is 182 Å². The Balaban J connectivity index is 0.000000168. The van der Waals surface area contributed by atoms with E-state index in [0.717, 1.165) is 118 Å². The first-order valence-corrected chi connectivity index (χ1v) is 32.4. The van der Waals surface area contributed by atoms with Crippen LogP contribution in [0.5, 0.6) is 0 Å². The average Bonchev–Trinajstić information content (AvgIpc) is 3.09. The molecule has 0 spiro atoms. The number of nitrogens with zero attached hydrogens (tertiary/aromatic N) is 10. The summed E-state index contributed by atoms with van der Waals surface area (Å²) < 4.78 is 2.54. The first-order valence-electron chi connectivity index (χ1n) is 32.4. The Kier molecular flexibility index (Phi) is 20.3. The average molecular weight is 1080 g/mol. The van der Waals surface area contributed by atoms with E-state index >= 15 is 0 Å². The Labute approximate surface area is 473 Å². The topological polar surface area (TPSA) is 98.1 Å². The summed E-state index contributed by atoms with van der Waals surface area (Å²) >= 11 is 0. The molecule has 2 aromatic carbocycles. The van der Waals surface area contributed by atoms with Gasteiger partial charge in [-0.15, -0.1) is 0 Å². The SMILES string of the molecule is C[C@]12[C@H]3N4CCCN3CC[N+]1(Cc1ccc(C[N+]35CCCN6CCN7CCCN(CC3)[C@H]7[C@]65C)cc1)CCCN2CC4.c1cc(CN2CCCNCCNCCCNCC2)ccc1CN1CCCNCCNCCCNCC1. The van der Waals surface area contributed by atoms with Crippen molar-refractivity contribution in [2.45, 2.75) is 115 Å². The molecule has 0 bridgehead atoms. The molecule has 6 atom stereocenters. The number of quaternary nitrogens is 2. The van der Waals surface area contributed by atoms with Crippen LogP contribution in [0, 0.1) is 0 Å². The van der Waals surface area contributed by atoms with Crippen molar-refractivity contribution in [2.75, 3.05) is 209 Å². The molecule has 12 rings (SSSR count). The molecule has 0 saturated carbocycles. The van der Waals surface area contributed by atoms with Gasteiger partial charge in [0.1, 0.15) is 25.4 Å². The van der Waals surface area contributed by atoms with Crippen molar-refractivity contribution in [3.8, 4) is 0 Å². The van der Waals surface area contributed by atoms with Crippen LogP contribution in [-0.2, 0) is 26.2 Å². The minimum absolute atomic E-state index is 0.213.